The van der Waals surface area contributed by atoms with E-state index in [-0.39, 0.29) is 6.04 Å². The third-order valence-corrected chi connectivity index (χ3v) is 5.97. The van der Waals surface area contributed by atoms with E-state index in [4.69, 9.17) is 5.73 Å². The average molecular weight is 359 g/mol. The van der Waals surface area contributed by atoms with Crippen molar-refractivity contribution >= 4 is 31.9 Å². The molecule has 2 N–H and O–H groups in total. The van der Waals surface area contributed by atoms with E-state index in [9.17, 15) is 0 Å². The van der Waals surface area contributed by atoms with Gasteiger partial charge in [0.15, 0.2) is 0 Å². The van der Waals surface area contributed by atoms with E-state index in [1.165, 1.54) is 30.4 Å². The highest BCUT2D eigenvalue weighted by molar-refractivity contribution is 9.11. The maximum absolute atomic E-state index is 6.45. The maximum Gasteiger partial charge on any atom is 0.0335 e. The highest BCUT2D eigenvalue weighted by atomic mass is 79.9. The molecule has 0 radical (unpaired) electrons. The standard InChI is InChI=1S/C14H17Br2N/c1-7-2-13(16)11(6-12(7)15)14(17)10-4-8-3-9(8)5-10/h2,6,8-10,14H,3-5,17H2,1H3. The van der Waals surface area contributed by atoms with Crippen molar-refractivity contribution in [2.24, 2.45) is 23.5 Å². The molecule has 2 aliphatic carbocycles. The van der Waals surface area contributed by atoms with Crippen molar-refractivity contribution < 1.29 is 0 Å². The summed E-state index contributed by atoms with van der Waals surface area (Å²) in [7, 11) is 0. The van der Waals surface area contributed by atoms with Crippen LogP contribution in [-0.4, -0.2) is 0 Å². The molecule has 0 aliphatic heterocycles. The third kappa shape index (κ3) is 2.22. The quantitative estimate of drug-likeness (QED) is 0.823. The molecule has 3 unspecified atom stereocenters. The fourth-order valence-electron chi connectivity index (χ4n) is 3.23. The van der Waals surface area contributed by atoms with Gasteiger partial charge < -0.3 is 5.73 Å². The van der Waals surface area contributed by atoms with E-state index in [1.54, 1.807) is 0 Å². The van der Waals surface area contributed by atoms with Crippen LogP contribution < -0.4 is 5.73 Å². The largest absolute Gasteiger partial charge is 0.324 e. The Morgan fingerprint density at radius 3 is 2.41 bits per heavy atom. The van der Waals surface area contributed by atoms with Crippen LogP contribution in [0.4, 0.5) is 0 Å². The van der Waals surface area contributed by atoms with Crippen LogP contribution in [0, 0.1) is 24.7 Å². The summed E-state index contributed by atoms with van der Waals surface area (Å²) in [5.74, 6) is 2.68. The van der Waals surface area contributed by atoms with E-state index >= 15 is 0 Å². The predicted octanol–water partition coefficient (Wildman–Crippen LogP) is 4.57. The molecule has 0 spiro atoms. The van der Waals surface area contributed by atoms with E-state index in [0.29, 0.717) is 5.92 Å². The monoisotopic (exact) mass is 357 g/mol. The van der Waals surface area contributed by atoms with Gasteiger partial charge in [0.25, 0.3) is 0 Å². The Balaban J connectivity index is 1.85. The van der Waals surface area contributed by atoms with Crippen molar-refractivity contribution in [3.8, 4) is 0 Å². The summed E-state index contributed by atoms with van der Waals surface area (Å²) in [5.41, 5.74) is 8.96. The first kappa shape index (κ1) is 12.2. The minimum atomic E-state index is 0.189. The number of hydrogen-bond donors (Lipinski definition) is 1. The minimum Gasteiger partial charge on any atom is -0.324 e. The van der Waals surface area contributed by atoms with Crippen LogP contribution in [0.2, 0.25) is 0 Å². The first-order valence-corrected chi connectivity index (χ1v) is 7.86. The summed E-state index contributed by atoms with van der Waals surface area (Å²) in [5, 5.41) is 0. The molecule has 0 heterocycles. The summed E-state index contributed by atoms with van der Waals surface area (Å²) >= 11 is 7.26. The summed E-state index contributed by atoms with van der Waals surface area (Å²) < 4.78 is 2.32. The molecule has 2 fully saturated rings. The van der Waals surface area contributed by atoms with Crippen molar-refractivity contribution in [3.05, 3.63) is 32.2 Å². The van der Waals surface area contributed by atoms with Crippen molar-refractivity contribution in [2.45, 2.75) is 32.2 Å². The van der Waals surface area contributed by atoms with E-state index in [1.807, 2.05) is 0 Å². The highest BCUT2D eigenvalue weighted by Gasteiger charge is 2.47. The van der Waals surface area contributed by atoms with Gasteiger partial charge in [-0.05, 0) is 67.2 Å². The Labute approximate surface area is 119 Å². The van der Waals surface area contributed by atoms with Crippen molar-refractivity contribution in [1.82, 2.24) is 0 Å². The fraction of sp³-hybridized carbons (Fsp3) is 0.571. The van der Waals surface area contributed by atoms with Crippen molar-refractivity contribution in [1.29, 1.82) is 0 Å². The Hall–Kier alpha value is 0.140. The number of benzene rings is 1. The lowest BCUT2D eigenvalue weighted by molar-refractivity contribution is 0.403. The highest BCUT2D eigenvalue weighted by Crippen LogP contribution is 2.57. The first-order chi connectivity index (χ1) is 8.06. The predicted molar refractivity (Wildman–Crippen MR) is 77.8 cm³/mol. The van der Waals surface area contributed by atoms with Gasteiger partial charge >= 0.3 is 0 Å². The second kappa shape index (κ2) is 4.36. The average Bonchev–Trinajstić information content (AvgIpc) is 2.90. The molecule has 3 heteroatoms. The zero-order chi connectivity index (χ0) is 12.2. The number of rotatable bonds is 2. The summed E-state index contributed by atoms with van der Waals surface area (Å²) in [4.78, 5) is 0. The molecule has 92 valence electrons. The van der Waals surface area contributed by atoms with Crippen LogP contribution in [0.25, 0.3) is 0 Å². The molecule has 2 saturated carbocycles. The Bertz CT molecular complexity index is 448. The number of fused-ring (bicyclic) bond motifs is 1. The molecule has 0 amide bonds. The van der Waals surface area contributed by atoms with Crippen molar-refractivity contribution in [3.63, 3.8) is 0 Å². The topological polar surface area (TPSA) is 26.0 Å². The van der Waals surface area contributed by atoms with E-state index in [2.05, 4.69) is 50.9 Å². The first-order valence-electron chi connectivity index (χ1n) is 6.27. The van der Waals surface area contributed by atoms with Gasteiger partial charge in [-0.1, -0.05) is 31.9 Å². The molecule has 1 aromatic carbocycles. The van der Waals surface area contributed by atoms with Crippen molar-refractivity contribution in [2.75, 3.05) is 0 Å². The number of halogens is 2. The smallest absolute Gasteiger partial charge is 0.0335 e. The second-order valence-electron chi connectivity index (χ2n) is 5.64. The number of nitrogens with two attached hydrogens (primary N) is 1. The molecule has 17 heavy (non-hydrogen) atoms. The number of hydrogen-bond acceptors (Lipinski definition) is 1. The van der Waals surface area contributed by atoms with Crippen LogP contribution in [0.5, 0.6) is 0 Å². The molecule has 3 rings (SSSR count). The lowest BCUT2D eigenvalue weighted by atomic mass is 9.89. The van der Waals surface area contributed by atoms with Gasteiger partial charge in [0.05, 0.1) is 0 Å². The van der Waals surface area contributed by atoms with Crippen LogP contribution in [-0.2, 0) is 0 Å². The molecule has 0 bridgehead atoms. The molecular formula is C14H17Br2N. The van der Waals surface area contributed by atoms with Crippen LogP contribution in [0.1, 0.15) is 36.4 Å². The van der Waals surface area contributed by atoms with Gasteiger partial charge in [0.1, 0.15) is 0 Å². The minimum absolute atomic E-state index is 0.189. The molecule has 1 aromatic rings. The number of aryl methyl sites for hydroxylation is 1. The summed E-state index contributed by atoms with van der Waals surface area (Å²) in [6.45, 7) is 2.11. The Kier molecular flexibility index (Phi) is 3.12. The Morgan fingerprint density at radius 2 is 1.76 bits per heavy atom. The SMILES string of the molecule is Cc1cc(Br)c(C(N)C2CC3CC3C2)cc1Br. The fourth-order valence-corrected chi connectivity index (χ4v) is 4.31. The van der Waals surface area contributed by atoms with Gasteiger partial charge in [-0.25, -0.2) is 0 Å². The summed E-state index contributed by atoms with van der Waals surface area (Å²) in [6.07, 6.45) is 4.13. The van der Waals surface area contributed by atoms with Gasteiger partial charge in [0.2, 0.25) is 0 Å². The Morgan fingerprint density at radius 1 is 1.12 bits per heavy atom. The second-order valence-corrected chi connectivity index (χ2v) is 7.34. The van der Waals surface area contributed by atoms with E-state index in [0.717, 1.165) is 20.8 Å². The molecule has 0 aromatic heterocycles. The molecule has 3 atom stereocenters. The summed E-state index contributed by atoms with van der Waals surface area (Å²) in [6, 6.07) is 4.54. The molecular weight excluding hydrogens is 342 g/mol. The van der Waals surface area contributed by atoms with Gasteiger partial charge in [0, 0.05) is 15.0 Å². The molecule has 1 nitrogen and oxygen atoms in total. The van der Waals surface area contributed by atoms with Crippen LogP contribution >= 0.6 is 31.9 Å². The third-order valence-electron chi connectivity index (χ3n) is 4.42. The van der Waals surface area contributed by atoms with Gasteiger partial charge in [-0.2, -0.15) is 0 Å². The van der Waals surface area contributed by atoms with E-state index < -0.39 is 0 Å². The van der Waals surface area contributed by atoms with Gasteiger partial charge in [-0.15, -0.1) is 0 Å². The van der Waals surface area contributed by atoms with Crippen LogP contribution in [0.3, 0.4) is 0 Å². The molecule has 0 saturated heterocycles. The lowest BCUT2D eigenvalue weighted by Crippen LogP contribution is -2.21. The van der Waals surface area contributed by atoms with Gasteiger partial charge in [-0.3, -0.25) is 0 Å². The zero-order valence-corrected chi connectivity index (χ0v) is 13.1. The lowest BCUT2D eigenvalue weighted by Gasteiger charge is -2.23. The normalized spacial score (nSPS) is 32.4. The maximum atomic E-state index is 6.45. The van der Waals surface area contributed by atoms with Crippen LogP contribution in [0.15, 0.2) is 21.1 Å². The zero-order valence-electron chi connectivity index (χ0n) is 9.92. The molecule has 2 aliphatic rings.